The number of carbonyl (C=O) groups is 2. The van der Waals surface area contributed by atoms with Gasteiger partial charge in [0.05, 0.1) is 6.54 Å². The van der Waals surface area contributed by atoms with E-state index < -0.39 is 11.9 Å². The molecular formula is C16H17N3O4. The van der Waals surface area contributed by atoms with Crippen molar-refractivity contribution in [1.29, 1.82) is 0 Å². The van der Waals surface area contributed by atoms with Crippen LogP contribution in [0.4, 0.5) is 0 Å². The molecular weight excluding hydrogens is 298 g/mol. The molecule has 1 amide bonds. The van der Waals surface area contributed by atoms with Gasteiger partial charge in [-0.3, -0.25) is 4.79 Å². The number of carbonyl (C=O) groups excluding carboxylic acids is 1. The molecule has 2 rings (SSSR count). The third kappa shape index (κ3) is 4.26. The fourth-order valence-corrected chi connectivity index (χ4v) is 1.87. The Balaban J connectivity index is 1.95. The molecule has 1 N–H and O–H groups in total. The van der Waals surface area contributed by atoms with Gasteiger partial charge in [-0.1, -0.05) is 17.7 Å². The highest BCUT2D eigenvalue weighted by Gasteiger charge is 2.22. The van der Waals surface area contributed by atoms with Gasteiger partial charge in [0, 0.05) is 19.4 Å². The van der Waals surface area contributed by atoms with Crippen LogP contribution in [0.15, 0.2) is 36.7 Å². The monoisotopic (exact) mass is 315 g/mol. The van der Waals surface area contributed by atoms with E-state index in [9.17, 15) is 9.59 Å². The number of benzene rings is 1. The van der Waals surface area contributed by atoms with Gasteiger partial charge < -0.3 is 14.7 Å². The van der Waals surface area contributed by atoms with Crippen molar-refractivity contribution >= 4 is 11.9 Å². The van der Waals surface area contributed by atoms with Crippen LogP contribution >= 0.6 is 0 Å². The van der Waals surface area contributed by atoms with Crippen LogP contribution in [0.2, 0.25) is 0 Å². The molecule has 0 fully saturated rings. The molecule has 0 aliphatic heterocycles. The quantitative estimate of drug-likeness (QED) is 0.871. The lowest BCUT2D eigenvalue weighted by atomic mass is 10.2. The van der Waals surface area contributed by atoms with E-state index in [1.807, 2.05) is 31.2 Å². The first-order valence-corrected chi connectivity index (χ1v) is 6.98. The summed E-state index contributed by atoms with van der Waals surface area (Å²) in [4.78, 5) is 32.2. The molecule has 1 aromatic heterocycles. The van der Waals surface area contributed by atoms with Crippen LogP contribution in [0, 0.1) is 6.92 Å². The summed E-state index contributed by atoms with van der Waals surface area (Å²) >= 11 is 0. The third-order valence-corrected chi connectivity index (χ3v) is 3.17. The number of amides is 1. The van der Waals surface area contributed by atoms with E-state index in [0.29, 0.717) is 12.3 Å². The largest absolute Gasteiger partial charge is 0.492 e. The molecule has 0 bridgehead atoms. The summed E-state index contributed by atoms with van der Waals surface area (Å²) in [5.74, 6) is -1.09. The molecule has 0 spiro atoms. The maximum absolute atomic E-state index is 12.3. The van der Waals surface area contributed by atoms with Crippen molar-refractivity contribution in [2.45, 2.75) is 6.92 Å². The molecule has 2 aromatic rings. The van der Waals surface area contributed by atoms with Crippen molar-refractivity contribution in [3.63, 3.8) is 0 Å². The summed E-state index contributed by atoms with van der Waals surface area (Å²) in [6.07, 6.45) is 2.52. The third-order valence-electron chi connectivity index (χ3n) is 3.17. The Bertz CT molecular complexity index is 701. The molecule has 23 heavy (non-hydrogen) atoms. The second kappa shape index (κ2) is 7.35. The number of rotatable bonds is 6. The van der Waals surface area contributed by atoms with Gasteiger partial charge in [0.15, 0.2) is 11.4 Å². The van der Waals surface area contributed by atoms with Crippen LogP contribution in [0.25, 0.3) is 0 Å². The average Bonchev–Trinajstić information content (AvgIpc) is 2.55. The number of aryl methyl sites for hydroxylation is 1. The van der Waals surface area contributed by atoms with Gasteiger partial charge in [0.2, 0.25) is 0 Å². The smallest absolute Gasteiger partial charge is 0.356 e. The lowest BCUT2D eigenvalue weighted by molar-refractivity contribution is 0.0669. The molecule has 7 nitrogen and oxygen atoms in total. The zero-order valence-corrected chi connectivity index (χ0v) is 12.9. The molecule has 0 unspecified atom stereocenters. The fraction of sp³-hybridized carbons (Fsp3) is 0.250. The molecule has 0 radical (unpaired) electrons. The second-order valence-corrected chi connectivity index (χ2v) is 4.95. The molecule has 0 atom stereocenters. The van der Waals surface area contributed by atoms with Crippen molar-refractivity contribution in [2.24, 2.45) is 0 Å². The van der Waals surface area contributed by atoms with Gasteiger partial charge in [-0.2, -0.15) is 0 Å². The maximum atomic E-state index is 12.3. The van der Waals surface area contributed by atoms with E-state index in [2.05, 4.69) is 9.97 Å². The number of carboxylic acids is 1. The molecule has 1 aromatic carbocycles. The Labute approximate surface area is 133 Å². The number of aromatic carboxylic acids is 1. The van der Waals surface area contributed by atoms with Gasteiger partial charge in [-0.15, -0.1) is 0 Å². The van der Waals surface area contributed by atoms with Crippen LogP contribution < -0.4 is 4.74 Å². The zero-order chi connectivity index (χ0) is 16.8. The lowest BCUT2D eigenvalue weighted by Gasteiger charge is -2.17. The van der Waals surface area contributed by atoms with Crippen LogP contribution in [-0.4, -0.2) is 52.1 Å². The Morgan fingerprint density at radius 1 is 1.13 bits per heavy atom. The first kappa shape index (κ1) is 16.4. The van der Waals surface area contributed by atoms with Crippen LogP contribution in [0.1, 0.15) is 26.5 Å². The summed E-state index contributed by atoms with van der Waals surface area (Å²) in [6, 6.07) is 7.57. The topological polar surface area (TPSA) is 92.6 Å². The molecule has 120 valence electrons. The standard InChI is InChI=1S/C16H17N3O4/c1-11-3-5-12(6-4-11)23-10-9-19(2)15(20)13-14(16(21)22)18-8-7-17-13/h3-8H,9-10H2,1-2H3,(H,21,22). The SMILES string of the molecule is Cc1ccc(OCCN(C)C(=O)c2nccnc2C(=O)O)cc1. The minimum Gasteiger partial charge on any atom is -0.492 e. The second-order valence-electron chi connectivity index (χ2n) is 4.95. The van der Waals surface area contributed by atoms with Crippen LogP contribution in [-0.2, 0) is 0 Å². The molecule has 0 aliphatic carbocycles. The summed E-state index contributed by atoms with van der Waals surface area (Å²) < 4.78 is 5.55. The van der Waals surface area contributed by atoms with E-state index in [1.54, 1.807) is 7.05 Å². The van der Waals surface area contributed by atoms with Gasteiger partial charge in [0.25, 0.3) is 5.91 Å². The summed E-state index contributed by atoms with van der Waals surface area (Å²) in [7, 11) is 1.56. The van der Waals surface area contributed by atoms with Crippen LogP contribution in [0.3, 0.4) is 0 Å². The van der Waals surface area contributed by atoms with Gasteiger partial charge in [-0.05, 0) is 19.1 Å². The van der Waals surface area contributed by atoms with Crippen molar-refractivity contribution in [1.82, 2.24) is 14.9 Å². The van der Waals surface area contributed by atoms with E-state index in [4.69, 9.17) is 9.84 Å². The van der Waals surface area contributed by atoms with E-state index in [0.717, 1.165) is 5.56 Å². The Morgan fingerprint density at radius 2 is 1.74 bits per heavy atom. The number of hydrogen-bond donors (Lipinski definition) is 1. The van der Waals surface area contributed by atoms with Gasteiger partial charge >= 0.3 is 5.97 Å². The minimum absolute atomic E-state index is 0.183. The van der Waals surface area contributed by atoms with E-state index >= 15 is 0 Å². The average molecular weight is 315 g/mol. The Kier molecular flexibility index (Phi) is 5.24. The highest BCUT2D eigenvalue weighted by Crippen LogP contribution is 2.11. The maximum Gasteiger partial charge on any atom is 0.356 e. The van der Waals surface area contributed by atoms with Crippen molar-refractivity contribution < 1.29 is 19.4 Å². The summed E-state index contributed by atoms with van der Waals surface area (Å²) in [5.41, 5.74) is 0.593. The minimum atomic E-state index is -1.29. The Hall–Kier alpha value is -2.96. The molecule has 0 aliphatic rings. The first-order valence-electron chi connectivity index (χ1n) is 6.98. The lowest BCUT2D eigenvalue weighted by Crippen LogP contribution is -2.33. The number of nitrogens with zero attached hydrogens (tertiary/aromatic N) is 3. The Morgan fingerprint density at radius 3 is 2.35 bits per heavy atom. The fourth-order valence-electron chi connectivity index (χ4n) is 1.87. The molecule has 1 heterocycles. The predicted octanol–water partition coefficient (Wildman–Crippen LogP) is 1.63. The van der Waals surface area contributed by atoms with Gasteiger partial charge in [-0.25, -0.2) is 14.8 Å². The van der Waals surface area contributed by atoms with Crippen molar-refractivity contribution in [2.75, 3.05) is 20.2 Å². The van der Waals surface area contributed by atoms with E-state index in [1.165, 1.54) is 17.3 Å². The zero-order valence-electron chi connectivity index (χ0n) is 12.9. The van der Waals surface area contributed by atoms with Crippen molar-refractivity contribution in [3.05, 3.63) is 53.6 Å². The number of aromatic nitrogens is 2. The van der Waals surface area contributed by atoms with Gasteiger partial charge in [0.1, 0.15) is 12.4 Å². The molecule has 7 heteroatoms. The number of likely N-dealkylation sites (N-methyl/N-ethyl adjacent to an activating group) is 1. The van der Waals surface area contributed by atoms with Crippen LogP contribution in [0.5, 0.6) is 5.75 Å². The van der Waals surface area contributed by atoms with Crippen molar-refractivity contribution in [3.8, 4) is 5.75 Å². The van der Waals surface area contributed by atoms with E-state index in [-0.39, 0.29) is 18.0 Å². The predicted molar refractivity (Wildman–Crippen MR) is 82.6 cm³/mol. The normalized spacial score (nSPS) is 10.2. The summed E-state index contributed by atoms with van der Waals surface area (Å²) in [6.45, 7) is 2.56. The number of carboxylic acid groups (broad SMARTS) is 1. The first-order chi connectivity index (χ1) is 11.0. The summed E-state index contributed by atoms with van der Waals surface area (Å²) in [5, 5.41) is 9.05. The number of hydrogen-bond acceptors (Lipinski definition) is 5. The highest BCUT2D eigenvalue weighted by atomic mass is 16.5. The molecule has 0 saturated heterocycles. The number of ether oxygens (including phenoxy) is 1. The molecule has 0 saturated carbocycles. The highest BCUT2D eigenvalue weighted by molar-refractivity contribution is 6.01.